The molecule has 0 saturated carbocycles. The molecule has 2 aromatic carbocycles. The molecule has 5 atom stereocenters. The predicted octanol–water partition coefficient (Wildman–Crippen LogP) is 4.59. The Kier molecular flexibility index (Phi) is 7.27. The van der Waals surface area contributed by atoms with Crippen LogP contribution in [0.3, 0.4) is 0 Å². The highest BCUT2D eigenvalue weighted by Crippen LogP contribution is 2.41. The lowest BCUT2D eigenvalue weighted by Crippen LogP contribution is -2.62. The maximum absolute atomic E-state index is 13.9. The second-order valence-electron chi connectivity index (χ2n) is 9.65. The van der Waals surface area contributed by atoms with Gasteiger partial charge in [-0.15, -0.1) is 0 Å². The van der Waals surface area contributed by atoms with Crippen LogP contribution in [0.4, 0.5) is 13.2 Å². The van der Waals surface area contributed by atoms with Crippen molar-refractivity contribution >= 4 is 23.5 Å². The molecule has 2 fully saturated rings. The zero-order chi connectivity index (χ0) is 28.1. The van der Waals surface area contributed by atoms with Gasteiger partial charge in [0.1, 0.15) is 36.3 Å². The van der Waals surface area contributed by atoms with E-state index in [0.29, 0.717) is 11.3 Å². The maximum Gasteiger partial charge on any atom is 0.418 e. The van der Waals surface area contributed by atoms with Crippen LogP contribution < -0.4 is 5.73 Å². The number of alkyl halides is 3. The highest BCUT2D eigenvalue weighted by atomic mass is 35.5. The number of aliphatic hydroxyl groups excluding tert-OH is 1. The number of hydrogen-bond acceptors (Lipinski definition) is 7. The van der Waals surface area contributed by atoms with Gasteiger partial charge in [-0.3, -0.25) is 4.99 Å². The van der Waals surface area contributed by atoms with Crippen LogP contribution in [-0.4, -0.2) is 57.0 Å². The fourth-order valence-corrected chi connectivity index (χ4v) is 4.98. The van der Waals surface area contributed by atoms with Gasteiger partial charge in [0, 0.05) is 22.5 Å². The van der Waals surface area contributed by atoms with Gasteiger partial charge in [-0.1, -0.05) is 35.9 Å². The zero-order valence-electron chi connectivity index (χ0n) is 21.4. The van der Waals surface area contributed by atoms with E-state index < -0.39 is 42.2 Å². The summed E-state index contributed by atoms with van der Waals surface area (Å²) in [4.78, 5) is 8.94. The summed E-state index contributed by atoms with van der Waals surface area (Å²) in [6.45, 7) is 5.55. The highest BCUT2D eigenvalue weighted by molar-refractivity contribution is 6.30. The largest absolute Gasteiger partial charge is 0.418 e. The van der Waals surface area contributed by atoms with E-state index in [9.17, 15) is 18.3 Å². The van der Waals surface area contributed by atoms with Gasteiger partial charge in [-0.05, 0) is 50.1 Å². The fraction of sp³-hybridized carbons (Fsp3) is 0.370. The van der Waals surface area contributed by atoms with Crippen molar-refractivity contribution in [3.63, 3.8) is 0 Å². The third-order valence-corrected chi connectivity index (χ3v) is 7.16. The van der Waals surface area contributed by atoms with Crippen molar-refractivity contribution in [2.24, 2.45) is 10.7 Å². The quantitative estimate of drug-likeness (QED) is 0.441. The molecule has 5 unspecified atom stereocenters. The third-order valence-electron chi connectivity index (χ3n) is 6.92. The van der Waals surface area contributed by atoms with Crippen molar-refractivity contribution in [1.82, 2.24) is 14.8 Å². The number of ether oxygens (including phenoxy) is 2. The van der Waals surface area contributed by atoms with Crippen LogP contribution in [-0.2, 0) is 15.7 Å². The Labute approximate surface area is 227 Å². The van der Waals surface area contributed by atoms with Crippen LogP contribution in [0, 0.1) is 13.8 Å². The number of benzene rings is 2. The summed E-state index contributed by atoms with van der Waals surface area (Å²) in [7, 11) is 0. The standard InChI is InChI=1S/C27H27ClF3N5O3/c1-13-6-4-5-7-17(13)21(32)14(2)11-33-22-23(37)25(39-20-12-38-24(20)22)26-34-15(3)35-36(26)19-10-16(28)8-9-18(19)27(29,30)31/h4-11,20,22-25,37H,12,32H2,1-3H3/b21-14-,33-11?. The van der Waals surface area contributed by atoms with Crippen molar-refractivity contribution in [3.8, 4) is 5.69 Å². The summed E-state index contributed by atoms with van der Waals surface area (Å²) in [5.74, 6) is 0.204. The average molecular weight is 562 g/mol. The molecule has 3 N–H and O–H groups in total. The van der Waals surface area contributed by atoms with E-state index in [1.165, 1.54) is 0 Å². The fourth-order valence-electron chi connectivity index (χ4n) is 4.82. The summed E-state index contributed by atoms with van der Waals surface area (Å²) >= 11 is 6.06. The maximum atomic E-state index is 13.9. The summed E-state index contributed by atoms with van der Waals surface area (Å²) < 4.78 is 54.3. The molecule has 1 aromatic heterocycles. The summed E-state index contributed by atoms with van der Waals surface area (Å²) in [5.41, 5.74) is 8.21. The molecule has 2 saturated heterocycles. The Balaban J connectivity index is 1.51. The van der Waals surface area contributed by atoms with Gasteiger partial charge < -0.3 is 20.3 Å². The van der Waals surface area contributed by atoms with Crippen LogP contribution in [0.1, 0.15) is 41.4 Å². The van der Waals surface area contributed by atoms with Crippen LogP contribution >= 0.6 is 11.6 Å². The van der Waals surface area contributed by atoms with E-state index in [0.717, 1.165) is 34.0 Å². The molecular formula is C27H27ClF3N5O3. The van der Waals surface area contributed by atoms with Crippen molar-refractivity contribution in [2.45, 2.75) is 57.4 Å². The molecule has 0 radical (unpaired) electrons. The first-order valence-corrected chi connectivity index (χ1v) is 12.6. The molecule has 206 valence electrons. The van der Waals surface area contributed by atoms with Gasteiger partial charge in [-0.25, -0.2) is 9.67 Å². The normalized spacial score (nSPS) is 25.8. The number of fused-ring (bicyclic) bond motifs is 1. The molecule has 0 spiro atoms. The third kappa shape index (κ3) is 5.19. The zero-order valence-corrected chi connectivity index (χ0v) is 22.1. The number of aliphatic imine (C=N–C) groups is 1. The average Bonchev–Trinajstić information content (AvgIpc) is 3.25. The number of aryl methyl sites for hydroxylation is 2. The molecule has 5 rings (SSSR count). The van der Waals surface area contributed by atoms with Crippen LogP contribution in [0.2, 0.25) is 5.02 Å². The number of aliphatic hydroxyl groups is 1. The lowest BCUT2D eigenvalue weighted by Gasteiger charge is -2.48. The van der Waals surface area contributed by atoms with Crippen LogP contribution in [0.5, 0.6) is 0 Å². The second kappa shape index (κ2) is 10.4. The molecular weight excluding hydrogens is 535 g/mol. The van der Waals surface area contributed by atoms with Gasteiger partial charge in [0.2, 0.25) is 0 Å². The number of rotatable bonds is 5. The minimum Gasteiger partial charge on any atom is -0.398 e. The lowest BCUT2D eigenvalue weighted by molar-refractivity contribution is -0.273. The van der Waals surface area contributed by atoms with Gasteiger partial charge in [0.15, 0.2) is 5.82 Å². The minimum absolute atomic E-state index is 0.00463. The summed E-state index contributed by atoms with van der Waals surface area (Å²) in [6.07, 6.45) is -6.50. The smallest absolute Gasteiger partial charge is 0.398 e. The highest BCUT2D eigenvalue weighted by Gasteiger charge is 2.52. The molecule has 0 bridgehead atoms. The summed E-state index contributed by atoms with van der Waals surface area (Å²) in [5, 5.41) is 15.7. The first-order chi connectivity index (χ1) is 18.5. The van der Waals surface area contributed by atoms with E-state index in [-0.39, 0.29) is 29.0 Å². The van der Waals surface area contributed by atoms with Crippen molar-refractivity contribution in [2.75, 3.05) is 6.61 Å². The Hall–Kier alpha value is -3.25. The van der Waals surface area contributed by atoms with Crippen LogP contribution in [0.25, 0.3) is 11.4 Å². The van der Waals surface area contributed by atoms with Gasteiger partial charge in [0.25, 0.3) is 0 Å². The number of hydrogen-bond donors (Lipinski definition) is 2. The van der Waals surface area contributed by atoms with Crippen molar-refractivity contribution < 1.29 is 27.8 Å². The van der Waals surface area contributed by atoms with Crippen molar-refractivity contribution in [3.05, 3.63) is 81.4 Å². The monoisotopic (exact) mass is 561 g/mol. The first kappa shape index (κ1) is 27.3. The van der Waals surface area contributed by atoms with Gasteiger partial charge in [-0.2, -0.15) is 18.3 Å². The van der Waals surface area contributed by atoms with Crippen LogP contribution in [0.15, 0.2) is 53.0 Å². The van der Waals surface area contributed by atoms with Crippen molar-refractivity contribution in [1.29, 1.82) is 0 Å². The molecule has 2 aliphatic heterocycles. The topological polar surface area (TPSA) is 108 Å². The molecule has 2 aliphatic rings. The second-order valence-corrected chi connectivity index (χ2v) is 10.1. The first-order valence-electron chi connectivity index (χ1n) is 12.3. The molecule has 0 amide bonds. The SMILES string of the molecule is C/C(C=NC1C(O)C(c2nc(C)nn2-c2cc(Cl)ccc2C(F)(F)F)OC2COC21)=C(/N)c1ccccc1C. The molecule has 39 heavy (non-hydrogen) atoms. The predicted molar refractivity (Wildman–Crippen MR) is 140 cm³/mol. The number of nitrogens with two attached hydrogens (primary N) is 1. The van der Waals surface area contributed by atoms with E-state index >= 15 is 0 Å². The number of allylic oxidation sites excluding steroid dienone is 1. The lowest BCUT2D eigenvalue weighted by atomic mass is 9.89. The minimum atomic E-state index is -4.68. The van der Waals surface area contributed by atoms with Gasteiger partial charge >= 0.3 is 6.18 Å². The molecule has 12 heteroatoms. The van der Waals surface area contributed by atoms with E-state index in [2.05, 4.69) is 15.1 Å². The Morgan fingerprint density at radius 1 is 1.23 bits per heavy atom. The number of halogens is 4. The van der Waals surface area contributed by atoms with Gasteiger partial charge in [0.05, 0.1) is 17.9 Å². The number of nitrogens with zero attached hydrogens (tertiary/aromatic N) is 4. The molecule has 3 heterocycles. The Morgan fingerprint density at radius 3 is 2.64 bits per heavy atom. The molecule has 0 aliphatic carbocycles. The van der Waals surface area contributed by atoms with E-state index in [4.69, 9.17) is 26.8 Å². The van der Waals surface area contributed by atoms with E-state index in [1.807, 2.05) is 38.1 Å². The summed E-state index contributed by atoms with van der Waals surface area (Å²) in [6, 6.07) is 10.1. The molecule has 8 nitrogen and oxygen atoms in total. The molecule has 3 aromatic rings. The Morgan fingerprint density at radius 2 is 1.97 bits per heavy atom. The number of aromatic nitrogens is 3. The Bertz CT molecular complexity index is 1450. The van der Waals surface area contributed by atoms with E-state index in [1.54, 1.807) is 13.1 Å².